The van der Waals surface area contributed by atoms with E-state index in [4.69, 9.17) is 4.42 Å². The van der Waals surface area contributed by atoms with Crippen molar-refractivity contribution in [2.24, 2.45) is 0 Å². The highest BCUT2D eigenvalue weighted by atomic mass is 79.9. The molecule has 0 saturated carbocycles. The summed E-state index contributed by atoms with van der Waals surface area (Å²) in [5, 5.41) is 9.33. The van der Waals surface area contributed by atoms with E-state index in [2.05, 4.69) is 15.9 Å². The van der Waals surface area contributed by atoms with Gasteiger partial charge in [-0.1, -0.05) is 28.1 Å². The van der Waals surface area contributed by atoms with E-state index in [0.717, 1.165) is 42.4 Å². The maximum atomic E-state index is 12.4. The second-order valence-electron chi connectivity index (χ2n) is 5.73. The number of furan rings is 1. The maximum Gasteiger partial charge on any atom is 0.264 e. The summed E-state index contributed by atoms with van der Waals surface area (Å²) in [4.78, 5) is 14.2. The lowest BCUT2D eigenvalue weighted by atomic mass is 10.1. The number of piperidine rings is 1. The minimum atomic E-state index is -0.209. The first kappa shape index (κ1) is 16.5. The molecule has 3 rings (SSSR count). The van der Waals surface area contributed by atoms with Crippen LogP contribution in [0.2, 0.25) is 0 Å². The molecule has 1 aliphatic heterocycles. The van der Waals surface area contributed by atoms with Gasteiger partial charge in [-0.25, -0.2) is 0 Å². The minimum absolute atomic E-state index is 0.119. The summed E-state index contributed by atoms with van der Waals surface area (Å²) < 4.78 is 6.76. The third-order valence-electron chi connectivity index (χ3n) is 4.04. The van der Waals surface area contributed by atoms with Crippen molar-refractivity contribution in [1.29, 1.82) is 5.26 Å². The third-order valence-corrected chi connectivity index (χ3v) is 4.56. The van der Waals surface area contributed by atoms with Gasteiger partial charge in [0, 0.05) is 29.2 Å². The Balaban J connectivity index is 1.80. The topological polar surface area (TPSA) is 57.2 Å². The van der Waals surface area contributed by atoms with Crippen LogP contribution in [0.4, 0.5) is 0 Å². The Kier molecular flexibility index (Phi) is 5.17. The van der Waals surface area contributed by atoms with Crippen LogP contribution in [0.25, 0.3) is 17.4 Å². The fourth-order valence-corrected chi connectivity index (χ4v) is 3.02. The molecule has 0 bridgehead atoms. The number of halogens is 1. The summed E-state index contributed by atoms with van der Waals surface area (Å²) in [6.45, 7) is 1.44. The number of amides is 1. The molecule has 1 aromatic carbocycles. The molecule has 2 heterocycles. The van der Waals surface area contributed by atoms with Crippen LogP contribution in [0.3, 0.4) is 0 Å². The van der Waals surface area contributed by atoms with Crippen LogP contribution in [0.1, 0.15) is 25.0 Å². The Labute approximate surface area is 149 Å². The van der Waals surface area contributed by atoms with E-state index in [9.17, 15) is 10.1 Å². The quantitative estimate of drug-likeness (QED) is 0.572. The van der Waals surface area contributed by atoms with Gasteiger partial charge in [-0.3, -0.25) is 4.79 Å². The van der Waals surface area contributed by atoms with E-state index in [1.54, 1.807) is 11.0 Å². The molecule has 1 aliphatic rings. The smallest absolute Gasteiger partial charge is 0.264 e. The predicted octanol–water partition coefficient (Wildman–Crippen LogP) is 4.63. The van der Waals surface area contributed by atoms with Crippen LogP contribution in [0.15, 0.2) is 50.9 Å². The van der Waals surface area contributed by atoms with Crippen molar-refractivity contribution in [2.45, 2.75) is 19.3 Å². The molecule has 1 aromatic heterocycles. The van der Waals surface area contributed by atoms with Crippen molar-refractivity contribution in [3.05, 3.63) is 52.2 Å². The zero-order valence-corrected chi connectivity index (χ0v) is 14.8. The molecular weight excluding hydrogens is 368 g/mol. The van der Waals surface area contributed by atoms with E-state index >= 15 is 0 Å². The number of benzene rings is 1. The first-order valence-corrected chi connectivity index (χ1v) is 8.73. The summed E-state index contributed by atoms with van der Waals surface area (Å²) in [6.07, 6.45) is 4.67. The van der Waals surface area contributed by atoms with Crippen molar-refractivity contribution in [1.82, 2.24) is 4.90 Å². The Bertz CT molecular complexity index is 794. The molecule has 0 N–H and O–H groups in total. The van der Waals surface area contributed by atoms with Crippen LogP contribution < -0.4 is 0 Å². The molecule has 122 valence electrons. The van der Waals surface area contributed by atoms with Crippen molar-refractivity contribution in [2.75, 3.05) is 13.1 Å². The lowest BCUT2D eigenvalue weighted by Gasteiger charge is -2.26. The third kappa shape index (κ3) is 3.77. The second kappa shape index (κ2) is 7.50. The summed E-state index contributed by atoms with van der Waals surface area (Å²) in [5.41, 5.74) is 1.06. The highest BCUT2D eigenvalue weighted by Gasteiger charge is 2.20. The lowest BCUT2D eigenvalue weighted by molar-refractivity contribution is -0.127. The van der Waals surface area contributed by atoms with Gasteiger partial charge in [-0.2, -0.15) is 5.26 Å². The van der Waals surface area contributed by atoms with Crippen LogP contribution in [0.5, 0.6) is 0 Å². The first-order chi connectivity index (χ1) is 11.7. The van der Waals surface area contributed by atoms with Gasteiger partial charge in [0.1, 0.15) is 23.2 Å². The van der Waals surface area contributed by atoms with E-state index in [1.165, 1.54) is 6.08 Å². The molecule has 1 fully saturated rings. The Morgan fingerprint density at radius 3 is 2.50 bits per heavy atom. The van der Waals surface area contributed by atoms with Crippen LogP contribution in [0, 0.1) is 11.3 Å². The van der Waals surface area contributed by atoms with Gasteiger partial charge in [-0.15, -0.1) is 0 Å². The molecule has 0 spiro atoms. The zero-order valence-electron chi connectivity index (χ0n) is 13.2. The Morgan fingerprint density at radius 2 is 1.83 bits per heavy atom. The number of nitrogens with zero attached hydrogens (tertiary/aromatic N) is 2. The van der Waals surface area contributed by atoms with Crippen molar-refractivity contribution in [3.8, 4) is 17.4 Å². The highest BCUT2D eigenvalue weighted by Crippen LogP contribution is 2.25. The summed E-state index contributed by atoms with van der Waals surface area (Å²) in [5.74, 6) is 1.00. The number of carbonyl (C=O) groups is 1. The molecule has 1 amide bonds. The predicted molar refractivity (Wildman–Crippen MR) is 95.9 cm³/mol. The molecule has 0 radical (unpaired) electrons. The molecule has 0 unspecified atom stereocenters. The van der Waals surface area contributed by atoms with Gasteiger partial charge in [-0.05, 0) is 43.5 Å². The lowest BCUT2D eigenvalue weighted by Crippen LogP contribution is -2.36. The van der Waals surface area contributed by atoms with E-state index < -0.39 is 0 Å². The van der Waals surface area contributed by atoms with Crippen LogP contribution >= 0.6 is 15.9 Å². The number of rotatable bonds is 3. The van der Waals surface area contributed by atoms with Gasteiger partial charge in [0.25, 0.3) is 5.91 Å². The molecule has 0 atom stereocenters. The largest absolute Gasteiger partial charge is 0.457 e. The van der Waals surface area contributed by atoms with E-state index in [1.807, 2.05) is 36.4 Å². The molecule has 24 heavy (non-hydrogen) atoms. The molecule has 0 aliphatic carbocycles. The molecule has 1 saturated heterocycles. The average Bonchev–Trinajstić information content (AvgIpc) is 3.09. The number of carbonyl (C=O) groups excluding carboxylic acids is 1. The van der Waals surface area contributed by atoms with Gasteiger partial charge in [0.05, 0.1) is 0 Å². The molecular formula is C19H17BrN2O2. The van der Waals surface area contributed by atoms with Gasteiger partial charge < -0.3 is 9.32 Å². The maximum absolute atomic E-state index is 12.4. The van der Waals surface area contributed by atoms with Crippen LogP contribution in [-0.4, -0.2) is 23.9 Å². The minimum Gasteiger partial charge on any atom is -0.457 e. The number of hydrogen-bond donors (Lipinski definition) is 0. The molecule has 4 nitrogen and oxygen atoms in total. The monoisotopic (exact) mass is 384 g/mol. The standard InChI is InChI=1S/C19H17BrN2O2/c20-16-6-4-14(5-7-16)18-9-8-17(24-18)12-15(13-21)19(23)22-10-2-1-3-11-22/h4-9,12H,1-3,10-11H2/b15-12-. The SMILES string of the molecule is N#C/C(=C/c1ccc(-c2ccc(Br)cc2)o1)C(=O)N1CCCCC1. The number of nitriles is 1. The first-order valence-electron chi connectivity index (χ1n) is 7.94. The summed E-state index contributed by atoms with van der Waals surface area (Å²) >= 11 is 3.40. The van der Waals surface area contributed by atoms with Gasteiger partial charge in [0.15, 0.2) is 0 Å². The number of likely N-dealkylation sites (tertiary alicyclic amines) is 1. The van der Waals surface area contributed by atoms with E-state index in [-0.39, 0.29) is 11.5 Å². The summed E-state index contributed by atoms with van der Waals surface area (Å²) in [6, 6.07) is 13.4. The van der Waals surface area contributed by atoms with E-state index in [0.29, 0.717) is 11.5 Å². The van der Waals surface area contributed by atoms with Crippen molar-refractivity contribution >= 4 is 27.9 Å². The van der Waals surface area contributed by atoms with Crippen molar-refractivity contribution < 1.29 is 9.21 Å². The molecule has 2 aromatic rings. The Morgan fingerprint density at radius 1 is 1.12 bits per heavy atom. The molecule has 5 heteroatoms. The Hall–Kier alpha value is -2.32. The zero-order chi connectivity index (χ0) is 16.9. The normalized spacial score (nSPS) is 15.2. The fourth-order valence-electron chi connectivity index (χ4n) is 2.75. The fraction of sp³-hybridized carbons (Fsp3) is 0.263. The highest BCUT2D eigenvalue weighted by molar-refractivity contribution is 9.10. The second-order valence-corrected chi connectivity index (χ2v) is 6.65. The van der Waals surface area contributed by atoms with Gasteiger partial charge >= 0.3 is 0 Å². The van der Waals surface area contributed by atoms with Crippen molar-refractivity contribution in [3.63, 3.8) is 0 Å². The average molecular weight is 385 g/mol. The van der Waals surface area contributed by atoms with Gasteiger partial charge in [0.2, 0.25) is 0 Å². The summed E-state index contributed by atoms with van der Waals surface area (Å²) in [7, 11) is 0. The van der Waals surface area contributed by atoms with Crippen LogP contribution in [-0.2, 0) is 4.79 Å². The number of hydrogen-bond acceptors (Lipinski definition) is 3.